The molecule has 0 atom stereocenters. The maximum atomic E-state index is 12.8. The summed E-state index contributed by atoms with van der Waals surface area (Å²) in [7, 11) is 0. The van der Waals surface area contributed by atoms with E-state index in [9.17, 15) is 10.4 Å². The molecule has 0 bridgehead atoms. The molecule has 0 aliphatic carbocycles. The third kappa shape index (κ3) is 3.18. The van der Waals surface area contributed by atoms with Crippen LogP contribution in [0.4, 0.5) is 17.4 Å². The molecule has 4 N–H and O–H groups in total. The fourth-order valence-electron chi connectivity index (χ4n) is 2.83. The molecule has 29 heavy (non-hydrogen) atoms. The van der Waals surface area contributed by atoms with Crippen molar-refractivity contribution in [1.82, 2.24) is 10.3 Å². The second kappa shape index (κ2) is 7.16. The van der Waals surface area contributed by atoms with Crippen molar-refractivity contribution in [3.63, 3.8) is 0 Å². The van der Waals surface area contributed by atoms with Gasteiger partial charge in [0.2, 0.25) is 5.27 Å². The Balaban J connectivity index is 1.91. The third-order valence-corrected chi connectivity index (χ3v) is 6.00. The van der Waals surface area contributed by atoms with Crippen molar-refractivity contribution >= 4 is 56.2 Å². The van der Waals surface area contributed by atoms with Gasteiger partial charge in [-0.2, -0.15) is 16.6 Å². The highest BCUT2D eigenvalue weighted by molar-refractivity contribution is 7.21. The molecule has 4 rings (SSSR count). The van der Waals surface area contributed by atoms with E-state index in [1.807, 2.05) is 30.7 Å². The summed E-state index contributed by atoms with van der Waals surface area (Å²) in [5.74, 6) is -0.415. The number of anilines is 2. The van der Waals surface area contributed by atoms with Gasteiger partial charge in [-0.3, -0.25) is 4.52 Å². The van der Waals surface area contributed by atoms with E-state index in [2.05, 4.69) is 21.3 Å². The minimum Gasteiger partial charge on any atom is -0.857 e. The minimum atomic E-state index is -0.578. The third-order valence-electron chi connectivity index (χ3n) is 4.23. The summed E-state index contributed by atoms with van der Waals surface area (Å²) in [5, 5.41) is 30.5. The number of pyridine rings is 1. The number of hydrogen-bond donors (Lipinski definition) is 2. The number of nitrogens with two attached hydrogens (primary N) is 2. The number of hydrogen-bond acceptors (Lipinski definition) is 10. The number of aliphatic imine (C=N–C) groups is 1. The first-order chi connectivity index (χ1) is 13.9. The van der Waals surface area contributed by atoms with Gasteiger partial charge in [0.25, 0.3) is 6.20 Å². The van der Waals surface area contributed by atoms with Crippen molar-refractivity contribution in [3.8, 4) is 17.2 Å². The van der Waals surface area contributed by atoms with Gasteiger partial charge in [0.1, 0.15) is 22.3 Å². The Labute approximate surface area is 173 Å². The minimum absolute atomic E-state index is 0.0666. The molecule has 0 saturated carbocycles. The van der Waals surface area contributed by atoms with Gasteiger partial charge in [0.05, 0.1) is 10.6 Å². The van der Waals surface area contributed by atoms with E-state index in [0.717, 1.165) is 16.9 Å². The molecule has 0 radical (unpaired) electrons. The van der Waals surface area contributed by atoms with Gasteiger partial charge < -0.3 is 16.6 Å². The number of aromatic nitrogens is 3. The summed E-state index contributed by atoms with van der Waals surface area (Å²) >= 11 is 2.55. The van der Waals surface area contributed by atoms with Crippen LogP contribution in [-0.2, 0) is 0 Å². The molecule has 0 unspecified atom stereocenters. The maximum Gasteiger partial charge on any atom is 0.320 e. The Morgan fingerprint density at radius 3 is 2.83 bits per heavy atom. The van der Waals surface area contributed by atoms with Crippen molar-refractivity contribution < 1.29 is 14.3 Å². The lowest BCUT2D eigenvalue weighted by atomic mass is 9.99. The number of nitrogens with zero attached hydrogens (tertiary/aromatic N) is 5. The predicted octanol–water partition coefficient (Wildman–Crippen LogP) is 2.36. The van der Waals surface area contributed by atoms with Gasteiger partial charge in [-0.15, -0.1) is 11.3 Å². The molecule has 0 spiro atoms. The number of fused-ring (bicyclic) bond motifs is 1. The van der Waals surface area contributed by atoms with Crippen LogP contribution in [-0.4, -0.2) is 16.2 Å². The van der Waals surface area contributed by atoms with Crippen LogP contribution in [0.1, 0.15) is 30.3 Å². The summed E-state index contributed by atoms with van der Waals surface area (Å²) in [6.45, 7) is 3.85. The molecule has 0 aliphatic rings. The van der Waals surface area contributed by atoms with Crippen LogP contribution < -0.4 is 21.3 Å². The Morgan fingerprint density at radius 2 is 2.21 bits per heavy atom. The Kier molecular flexibility index (Phi) is 4.65. The van der Waals surface area contributed by atoms with Gasteiger partial charge in [0.15, 0.2) is 6.04 Å². The summed E-state index contributed by atoms with van der Waals surface area (Å²) in [6, 6.07) is 4.02. The normalized spacial score (nSPS) is 12.0. The average Bonchev–Trinajstić information content (AvgIpc) is 3.41. The van der Waals surface area contributed by atoms with Gasteiger partial charge in [0, 0.05) is 16.8 Å². The van der Waals surface area contributed by atoms with Gasteiger partial charge >= 0.3 is 5.88 Å². The summed E-state index contributed by atoms with van der Waals surface area (Å²) in [4.78, 5) is 8.91. The van der Waals surface area contributed by atoms with Crippen molar-refractivity contribution in [2.24, 2.45) is 4.99 Å². The highest BCUT2D eigenvalue weighted by Crippen LogP contribution is 2.43. The molecule has 4 heterocycles. The Morgan fingerprint density at radius 1 is 1.41 bits per heavy atom. The second-order valence-corrected chi connectivity index (χ2v) is 8.21. The lowest BCUT2D eigenvalue weighted by Crippen LogP contribution is -2.36. The van der Waals surface area contributed by atoms with Crippen molar-refractivity contribution in [2.45, 2.75) is 19.9 Å². The number of thiophene rings is 2. The summed E-state index contributed by atoms with van der Waals surface area (Å²) in [5.41, 5.74) is 14.1. The molecular formula is C18H15N7O2S2. The Bertz CT molecular complexity index is 1280. The fourth-order valence-corrected chi connectivity index (χ4v) is 4.47. The molecular weight excluding hydrogens is 410 g/mol. The molecule has 11 heteroatoms. The smallest absolute Gasteiger partial charge is 0.320 e. The molecule has 0 aromatic carbocycles. The van der Waals surface area contributed by atoms with E-state index in [4.69, 9.17) is 16.0 Å². The van der Waals surface area contributed by atoms with Crippen LogP contribution in [0, 0.1) is 11.3 Å². The number of nitrogen functional groups attached to an aromatic ring is 2. The maximum absolute atomic E-state index is 12.8. The lowest BCUT2D eigenvalue weighted by Gasteiger charge is -2.09. The first-order valence-electron chi connectivity index (χ1n) is 8.49. The lowest BCUT2D eigenvalue weighted by molar-refractivity contribution is -0.779. The topological polar surface area (TPSA) is 154 Å². The summed E-state index contributed by atoms with van der Waals surface area (Å²) < 4.78 is 6.63. The molecule has 0 amide bonds. The number of nitriles is 1. The zero-order chi connectivity index (χ0) is 20.7. The predicted molar refractivity (Wildman–Crippen MR) is 110 cm³/mol. The zero-order valence-electron chi connectivity index (χ0n) is 15.4. The van der Waals surface area contributed by atoms with Crippen molar-refractivity contribution in [1.29, 1.82) is 5.26 Å². The number of rotatable bonds is 4. The van der Waals surface area contributed by atoms with Crippen LogP contribution in [0.15, 0.2) is 32.5 Å². The largest absolute Gasteiger partial charge is 0.857 e. The second-order valence-electron chi connectivity index (χ2n) is 6.43. The quantitative estimate of drug-likeness (QED) is 0.289. The fraction of sp³-hybridized carbons (Fsp3) is 0.167. The van der Waals surface area contributed by atoms with Crippen molar-refractivity contribution in [3.05, 3.63) is 33.5 Å². The van der Waals surface area contributed by atoms with E-state index in [1.165, 1.54) is 17.5 Å². The SMILES string of the molecule is CC(C)[n+]1cc(/N=C(\[O-])c2sc3nc(N)c(C#N)c(-c4ccsc4)c3c2N)on1. The van der Waals surface area contributed by atoms with E-state index in [-0.39, 0.29) is 33.9 Å². The van der Waals surface area contributed by atoms with Crippen LogP contribution in [0.2, 0.25) is 0 Å². The first-order valence-corrected chi connectivity index (χ1v) is 10.2. The molecule has 4 aromatic heterocycles. The first kappa shape index (κ1) is 18.9. The van der Waals surface area contributed by atoms with E-state index in [0.29, 0.717) is 15.8 Å². The Hall–Kier alpha value is -3.49. The molecule has 0 fully saturated rings. The van der Waals surface area contributed by atoms with Crippen LogP contribution in [0.25, 0.3) is 21.3 Å². The molecule has 4 aromatic rings. The molecule has 9 nitrogen and oxygen atoms in total. The van der Waals surface area contributed by atoms with Crippen LogP contribution >= 0.6 is 22.7 Å². The standard InChI is InChI=1S/C18H15N7O2S2/c1-8(2)25-6-11(27-24-25)22-17(26)15-14(20)13-12(9-3-4-28-7-9)10(5-19)16(21)23-18(13)29-15/h3-4,6-8H,1-2H3,(H4-,20,21,22,23,24,26). The van der Waals surface area contributed by atoms with Crippen LogP contribution in [0.3, 0.4) is 0 Å². The van der Waals surface area contributed by atoms with Crippen LogP contribution in [0.5, 0.6) is 0 Å². The molecule has 146 valence electrons. The van der Waals surface area contributed by atoms with E-state index >= 15 is 0 Å². The molecule has 0 saturated heterocycles. The van der Waals surface area contributed by atoms with E-state index in [1.54, 1.807) is 4.68 Å². The van der Waals surface area contributed by atoms with Gasteiger partial charge in [-0.25, -0.2) is 9.98 Å². The van der Waals surface area contributed by atoms with Gasteiger partial charge in [-0.1, -0.05) is 0 Å². The average molecular weight is 425 g/mol. The van der Waals surface area contributed by atoms with E-state index < -0.39 is 5.90 Å². The van der Waals surface area contributed by atoms with Crippen molar-refractivity contribution in [2.75, 3.05) is 11.5 Å². The molecule has 0 aliphatic heterocycles. The highest BCUT2D eigenvalue weighted by atomic mass is 32.1. The monoisotopic (exact) mass is 425 g/mol. The highest BCUT2D eigenvalue weighted by Gasteiger charge is 2.22. The van der Waals surface area contributed by atoms with Gasteiger partial charge in [-0.05, 0) is 40.9 Å². The zero-order valence-corrected chi connectivity index (χ0v) is 17.0. The summed E-state index contributed by atoms with van der Waals surface area (Å²) in [6.07, 6.45) is 1.53.